The van der Waals surface area contributed by atoms with Crippen LogP contribution in [-0.2, 0) is 6.42 Å². The van der Waals surface area contributed by atoms with Gasteiger partial charge in [-0.25, -0.2) is 0 Å². The minimum absolute atomic E-state index is 0.906. The van der Waals surface area contributed by atoms with E-state index in [0.29, 0.717) is 0 Å². The monoisotopic (exact) mass is 175 g/mol. The normalized spacial score (nSPS) is 10.9. The first-order valence-electron chi connectivity index (χ1n) is 4.66. The van der Waals surface area contributed by atoms with Crippen molar-refractivity contribution in [3.05, 3.63) is 29.5 Å². The second-order valence-corrected chi connectivity index (χ2v) is 3.35. The minimum atomic E-state index is 0.906. The molecule has 0 saturated carbocycles. The van der Waals surface area contributed by atoms with Crippen LogP contribution in [-0.4, -0.2) is 5.16 Å². The summed E-state index contributed by atoms with van der Waals surface area (Å²) in [6, 6.07) is 6.32. The summed E-state index contributed by atoms with van der Waals surface area (Å²) < 4.78 is 5.19. The van der Waals surface area contributed by atoms with Gasteiger partial charge in [-0.05, 0) is 31.0 Å². The quantitative estimate of drug-likeness (QED) is 0.701. The summed E-state index contributed by atoms with van der Waals surface area (Å²) in [5.41, 5.74) is 3.20. The Morgan fingerprint density at radius 1 is 1.38 bits per heavy atom. The van der Waals surface area contributed by atoms with Gasteiger partial charge in [-0.1, -0.05) is 24.6 Å². The van der Waals surface area contributed by atoms with Gasteiger partial charge in [0.2, 0.25) is 0 Å². The molecule has 13 heavy (non-hydrogen) atoms. The summed E-state index contributed by atoms with van der Waals surface area (Å²) in [7, 11) is 0. The highest BCUT2D eigenvalue weighted by atomic mass is 16.5. The van der Waals surface area contributed by atoms with Gasteiger partial charge in [0, 0.05) is 5.39 Å². The summed E-state index contributed by atoms with van der Waals surface area (Å²) in [5.74, 6) is 0. The average Bonchev–Trinajstić information content (AvgIpc) is 2.48. The average molecular weight is 175 g/mol. The summed E-state index contributed by atoms with van der Waals surface area (Å²) in [4.78, 5) is 0. The lowest BCUT2D eigenvalue weighted by Crippen LogP contribution is -1.81. The molecule has 0 amide bonds. The SMILES string of the molecule is CCCc1ccc2c(C)noc2c1. The fraction of sp³-hybridized carbons (Fsp3) is 0.364. The van der Waals surface area contributed by atoms with E-state index >= 15 is 0 Å². The molecular formula is C11H13NO. The highest BCUT2D eigenvalue weighted by Gasteiger charge is 2.03. The first-order valence-corrected chi connectivity index (χ1v) is 4.66. The summed E-state index contributed by atoms with van der Waals surface area (Å²) in [6.07, 6.45) is 2.27. The maximum atomic E-state index is 5.19. The molecule has 0 aliphatic heterocycles. The maximum Gasteiger partial charge on any atom is 0.167 e. The van der Waals surface area contributed by atoms with Crippen LogP contribution in [0.3, 0.4) is 0 Å². The van der Waals surface area contributed by atoms with Crippen LogP contribution in [0.4, 0.5) is 0 Å². The molecule has 0 spiro atoms. The van der Waals surface area contributed by atoms with Crippen molar-refractivity contribution >= 4 is 11.0 Å². The third-order valence-corrected chi connectivity index (χ3v) is 2.26. The number of nitrogens with zero attached hydrogens (tertiary/aromatic N) is 1. The smallest absolute Gasteiger partial charge is 0.167 e. The Morgan fingerprint density at radius 2 is 2.23 bits per heavy atom. The molecule has 0 unspecified atom stereocenters. The van der Waals surface area contributed by atoms with Gasteiger partial charge in [-0.3, -0.25) is 0 Å². The number of fused-ring (bicyclic) bond motifs is 1. The zero-order chi connectivity index (χ0) is 9.26. The number of aryl methyl sites for hydroxylation is 2. The van der Waals surface area contributed by atoms with E-state index in [9.17, 15) is 0 Å². The van der Waals surface area contributed by atoms with Gasteiger partial charge in [0.15, 0.2) is 5.58 Å². The van der Waals surface area contributed by atoms with Crippen molar-refractivity contribution < 1.29 is 4.52 Å². The van der Waals surface area contributed by atoms with Crippen LogP contribution in [0.2, 0.25) is 0 Å². The van der Waals surface area contributed by atoms with E-state index in [0.717, 1.165) is 23.1 Å². The number of aromatic nitrogens is 1. The molecule has 1 aromatic carbocycles. The molecule has 1 heterocycles. The van der Waals surface area contributed by atoms with E-state index in [1.165, 1.54) is 12.0 Å². The second kappa shape index (κ2) is 3.21. The van der Waals surface area contributed by atoms with Crippen molar-refractivity contribution in [1.29, 1.82) is 0 Å². The Labute approximate surface area is 77.5 Å². The molecule has 0 bridgehead atoms. The van der Waals surface area contributed by atoms with Crippen molar-refractivity contribution in [2.24, 2.45) is 0 Å². The molecule has 1 aromatic heterocycles. The molecule has 2 nitrogen and oxygen atoms in total. The molecule has 0 radical (unpaired) electrons. The number of hydrogen-bond donors (Lipinski definition) is 0. The maximum absolute atomic E-state index is 5.19. The molecule has 68 valence electrons. The molecular weight excluding hydrogens is 162 g/mol. The molecule has 2 heteroatoms. The Hall–Kier alpha value is -1.31. The number of hydrogen-bond acceptors (Lipinski definition) is 2. The molecule has 0 aliphatic carbocycles. The van der Waals surface area contributed by atoms with E-state index in [2.05, 4.69) is 30.3 Å². The van der Waals surface area contributed by atoms with Crippen LogP contribution < -0.4 is 0 Å². The molecule has 0 N–H and O–H groups in total. The van der Waals surface area contributed by atoms with Crippen molar-refractivity contribution in [2.75, 3.05) is 0 Å². The highest BCUT2D eigenvalue weighted by molar-refractivity contribution is 5.79. The van der Waals surface area contributed by atoms with Gasteiger partial charge in [0.05, 0.1) is 5.69 Å². The van der Waals surface area contributed by atoms with E-state index in [-0.39, 0.29) is 0 Å². The van der Waals surface area contributed by atoms with Gasteiger partial charge in [-0.15, -0.1) is 0 Å². The molecule has 0 saturated heterocycles. The van der Waals surface area contributed by atoms with Gasteiger partial charge < -0.3 is 4.52 Å². The number of rotatable bonds is 2. The molecule has 2 aromatic rings. The molecule has 0 atom stereocenters. The van der Waals surface area contributed by atoms with Gasteiger partial charge in [0.25, 0.3) is 0 Å². The van der Waals surface area contributed by atoms with Crippen LogP contribution in [0.5, 0.6) is 0 Å². The van der Waals surface area contributed by atoms with E-state index in [4.69, 9.17) is 4.52 Å². The summed E-state index contributed by atoms with van der Waals surface area (Å²) >= 11 is 0. The Morgan fingerprint density at radius 3 is 3.00 bits per heavy atom. The number of benzene rings is 1. The van der Waals surface area contributed by atoms with Crippen molar-refractivity contribution in [1.82, 2.24) is 5.16 Å². The molecule has 0 aliphatic rings. The zero-order valence-corrected chi connectivity index (χ0v) is 8.00. The summed E-state index contributed by atoms with van der Waals surface area (Å²) in [5, 5.41) is 5.05. The predicted octanol–water partition coefficient (Wildman–Crippen LogP) is 3.09. The standard InChI is InChI=1S/C11H13NO/c1-3-4-9-5-6-10-8(2)12-13-11(10)7-9/h5-7H,3-4H2,1-2H3. The van der Waals surface area contributed by atoms with Gasteiger partial charge in [0.1, 0.15) is 0 Å². The summed E-state index contributed by atoms with van der Waals surface area (Å²) in [6.45, 7) is 4.14. The van der Waals surface area contributed by atoms with Crippen LogP contribution in [0.1, 0.15) is 24.6 Å². The molecule has 0 fully saturated rings. The minimum Gasteiger partial charge on any atom is -0.356 e. The fourth-order valence-electron chi connectivity index (χ4n) is 1.55. The fourth-order valence-corrected chi connectivity index (χ4v) is 1.55. The van der Waals surface area contributed by atoms with Crippen molar-refractivity contribution in [2.45, 2.75) is 26.7 Å². The largest absolute Gasteiger partial charge is 0.356 e. The van der Waals surface area contributed by atoms with Crippen molar-refractivity contribution in [3.8, 4) is 0 Å². The second-order valence-electron chi connectivity index (χ2n) is 3.35. The van der Waals surface area contributed by atoms with Crippen LogP contribution >= 0.6 is 0 Å². The van der Waals surface area contributed by atoms with Gasteiger partial charge >= 0.3 is 0 Å². The lowest BCUT2D eigenvalue weighted by atomic mass is 10.1. The van der Waals surface area contributed by atoms with E-state index < -0.39 is 0 Å². The third kappa shape index (κ3) is 1.44. The first kappa shape index (κ1) is 8.30. The van der Waals surface area contributed by atoms with E-state index in [1.807, 2.05) is 6.92 Å². The predicted molar refractivity (Wildman–Crippen MR) is 52.7 cm³/mol. The lowest BCUT2D eigenvalue weighted by molar-refractivity contribution is 0.450. The third-order valence-electron chi connectivity index (χ3n) is 2.26. The molecule has 2 rings (SSSR count). The van der Waals surface area contributed by atoms with Crippen LogP contribution in [0, 0.1) is 6.92 Å². The Balaban J connectivity index is 2.50. The van der Waals surface area contributed by atoms with Crippen LogP contribution in [0.25, 0.3) is 11.0 Å². The topological polar surface area (TPSA) is 26.0 Å². The zero-order valence-electron chi connectivity index (χ0n) is 8.00. The van der Waals surface area contributed by atoms with Crippen molar-refractivity contribution in [3.63, 3.8) is 0 Å². The highest BCUT2D eigenvalue weighted by Crippen LogP contribution is 2.19. The Bertz CT molecular complexity index is 417. The Kier molecular flexibility index (Phi) is 2.05. The van der Waals surface area contributed by atoms with Crippen LogP contribution in [0.15, 0.2) is 22.7 Å². The van der Waals surface area contributed by atoms with E-state index in [1.54, 1.807) is 0 Å². The van der Waals surface area contributed by atoms with Gasteiger partial charge in [-0.2, -0.15) is 0 Å². The lowest BCUT2D eigenvalue weighted by Gasteiger charge is -1.96. The first-order chi connectivity index (χ1) is 6.31.